The van der Waals surface area contributed by atoms with Crippen LogP contribution in [-0.2, 0) is 4.74 Å². The number of hydrogen-bond acceptors (Lipinski definition) is 3. The molecule has 2 aromatic rings. The van der Waals surface area contributed by atoms with Gasteiger partial charge in [0.05, 0.1) is 11.1 Å². The molecule has 0 aromatic heterocycles. The Balaban J connectivity index is 2.09. The molecule has 2 aromatic carbocycles. The zero-order valence-corrected chi connectivity index (χ0v) is 11.0. The second kappa shape index (κ2) is 6.23. The van der Waals surface area contributed by atoms with Crippen molar-refractivity contribution in [1.82, 2.24) is 0 Å². The summed E-state index contributed by atoms with van der Waals surface area (Å²) in [5, 5.41) is 0. The third-order valence-electron chi connectivity index (χ3n) is 2.76. The summed E-state index contributed by atoms with van der Waals surface area (Å²) in [6.45, 7) is 0. The molecule has 0 aliphatic rings. The molecule has 0 aliphatic heterocycles. The van der Waals surface area contributed by atoms with Crippen LogP contribution in [0.3, 0.4) is 0 Å². The van der Waals surface area contributed by atoms with E-state index < -0.39 is 11.9 Å². The zero-order chi connectivity index (χ0) is 15.2. The quantitative estimate of drug-likeness (QED) is 0.480. The molecule has 0 bridgehead atoms. The van der Waals surface area contributed by atoms with Gasteiger partial charge in [-0.1, -0.05) is 11.8 Å². The molecule has 21 heavy (non-hydrogen) atoms. The average molecular weight is 274 g/mol. The minimum Gasteiger partial charge on any atom is -0.386 e. The molecule has 0 fully saturated rings. The molecule has 3 nitrogen and oxygen atoms in total. The normalized spacial score (nSPS) is 9.24. The number of terminal acetylenes is 2. The Hall–Kier alpha value is -3.30. The first-order valence-corrected chi connectivity index (χ1v) is 6.04. The van der Waals surface area contributed by atoms with Gasteiger partial charge in [0.15, 0.2) is 0 Å². The van der Waals surface area contributed by atoms with Crippen LogP contribution in [0.15, 0.2) is 48.5 Å². The highest BCUT2D eigenvalue weighted by molar-refractivity contribution is 6.02. The number of carbonyl (C=O) groups excluding carboxylic acids is 2. The highest BCUT2D eigenvalue weighted by atomic mass is 16.6. The Labute approximate surface area is 122 Å². The molecule has 0 N–H and O–H groups in total. The largest absolute Gasteiger partial charge is 0.386 e. The SMILES string of the molecule is C#Cc1ccc(C(=O)OC(=O)c2ccc(C#C)cc2)cc1. The molecule has 0 atom stereocenters. The van der Waals surface area contributed by atoms with Crippen molar-refractivity contribution in [3.63, 3.8) is 0 Å². The minimum atomic E-state index is -0.732. The van der Waals surface area contributed by atoms with Gasteiger partial charge in [0.2, 0.25) is 0 Å². The molecule has 0 saturated carbocycles. The van der Waals surface area contributed by atoms with Gasteiger partial charge in [0, 0.05) is 11.1 Å². The number of esters is 2. The molecule has 0 saturated heterocycles. The summed E-state index contributed by atoms with van der Waals surface area (Å²) in [4.78, 5) is 23.6. The van der Waals surface area contributed by atoms with Crippen LogP contribution in [-0.4, -0.2) is 11.9 Å². The molecule has 0 amide bonds. The smallest absolute Gasteiger partial charge is 0.346 e. The zero-order valence-electron chi connectivity index (χ0n) is 11.0. The van der Waals surface area contributed by atoms with Crippen molar-refractivity contribution in [3.8, 4) is 24.7 Å². The van der Waals surface area contributed by atoms with E-state index >= 15 is 0 Å². The maximum Gasteiger partial charge on any atom is 0.346 e. The summed E-state index contributed by atoms with van der Waals surface area (Å²) in [6.07, 6.45) is 10.4. The fourth-order valence-electron chi connectivity index (χ4n) is 1.61. The van der Waals surface area contributed by atoms with Crippen molar-refractivity contribution in [3.05, 3.63) is 70.8 Å². The lowest BCUT2D eigenvalue weighted by Gasteiger charge is -2.03. The number of carbonyl (C=O) groups is 2. The summed E-state index contributed by atoms with van der Waals surface area (Å²) in [5.41, 5.74) is 1.79. The van der Waals surface area contributed by atoms with Gasteiger partial charge in [-0.15, -0.1) is 12.8 Å². The fourth-order valence-corrected chi connectivity index (χ4v) is 1.61. The summed E-state index contributed by atoms with van der Waals surface area (Å²) in [5.74, 6) is 3.41. The topological polar surface area (TPSA) is 43.4 Å². The standard InChI is InChI=1S/C18H10O3/c1-3-13-5-9-15(10-6-13)17(19)21-18(20)16-11-7-14(4-2)8-12-16/h1-2,5-12H. The second-order valence-corrected chi connectivity index (χ2v) is 4.12. The first-order valence-electron chi connectivity index (χ1n) is 6.04. The first-order chi connectivity index (χ1) is 10.1. The second-order valence-electron chi connectivity index (χ2n) is 4.12. The Morgan fingerprint density at radius 1 is 0.714 bits per heavy atom. The highest BCUT2D eigenvalue weighted by Crippen LogP contribution is 2.09. The van der Waals surface area contributed by atoms with E-state index in [4.69, 9.17) is 17.6 Å². The van der Waals surface area contributed by atoms with E-state index in [9.17, 15) is 9.59 Å². The van der Waals surface area contributed by atoms with Gasteiger partial charge >= 0.3 is 11.9 Å². The van der Waals surface area contributed by atoms with E-state index in [1.54, 1.807) is 24.3 Å². The van der Waals surface area contributed by atoms with Gasteiger partial charge in [0.1, 0.15) is 0 Å². The van der Waals surface area contributed by atoms with Gasteiger partial charge in [-0.2, -0.15) is 0 Å². The number of benzene rings is 2. The van der Waals surface area contributed by atoms with E-state index in [2.05, 4.69) is 11.8 Å². The van der Waals surface area contributed by atoms with E-state index in [0.29, 0.717) is 11.1 Å². The van der Waals surface area contributed by atoms with Gasteiger partial charge in [-0.05, 0) is 48.5 Å². The first kappa shape index (κ1) is 14.1. The van der Waals surface area contributed by atoms with Crippen molar-refractivity contribution in [2.45, 2.75) is 0 Å². The predicted molar refractivity (Wildman–Crippen MR) is 78.5 cm³/mol. The highest BCUT2D eigenvalue weighted by Gasteiger charge is 2.14. The molecule has 0 heterocycles. The van der Waals surface area contributed by atoms with Crippen LogP contribution < -0.4 is 0 Å². The average Bonchev–Trinajstić information content (AvgIpc) is 2.55. The Kier molecular flexibility index (Phi) is 4.19. The molecule has 0 spiro atoms. The Morgan fingerprint density at radius 2 is 1.05 bits per heavy atom. The lowest BCUT2D eigenvalue weighted by atomic mass is 10.1. The summed E-state index contributed by atoms with van der Waals surface area (Å²) in [7, 11) is 0. The predicted octanol–water partition coefficient (Wildman–Crippen LogP) is 2.65. The Morgan fingerprint density at radius 3 is 1.33 bits per heavy atom. The molecule has 2 rings (SSSR count). The van der Waals surface area contributed by atoms with Crippen LogP contribution in [0.1, 0.15) is 31.8 Å². The maximum absolute atomic E-state index is 11.8. The van der Waals surface area contributed by atoms with Crippen LogP contribution in [0.4, 0.5) is 0 Å². The van der Waals surface area contributed by atoms with Crippen molar-refractivity contribution in [2.75, 3.05) is 0 Å². The van der Waals surface area contributed by atoms with Crippen molar-refractivity contribution in [1.29, 1.82) is 0 Å². The molecular weight excluding hydrogens is 264 g/mol. The molecular formula is C18H10O3. The summed E-state index contributed by atoms with van der Waals surface area (Å²) >= 11 is 0. The molecule has 3 heteroatoms. The minimum absolute atomic E-state index is 0.252. The van der Waals surface area contributed by atoms with Crippen molar-refractivity contribution in [2.24, 2.45) is 0 Å². The van der Waals surface area contributed by atoms with Gasteiger partial charge in [-0.25, -0.2) is 9.59 Å². The van der Waals surface area contributed by atoms with E-state index in [1.807, 2.05) is 0 Å². The third-order valence-corrected chi connectivity index (χ3v) is 2.76. The van der Waals surface area contributed by atoms with E-state index in [1.165, 1.54) is 24.3 Å². The molecule has 100 valence electrons. The fraction of sp³-hybridized carbons (Fsp3) is 0. The lowest BCUT2D eigenvalue weighted by Crippen LogP contribution is -2.12. The molecule has 0 unspecified atom stereocenters. The van der Waals surface area contributed by atoms with Gasteiger partial charge in [0.25, 0.3) is 0 Å². The van der Waals surface area contributed by atoms with Crippen LogP contribution in [0, 0.1) is 24.7 Å². The monoisotopic (exact) mass is 274 g/mol. The number of rotatable bonds is 2. The summed E-state index contributed by atoms with van der Waals surface area (Å²) in [6, 6.07) is 12.4. The van der Waals surface area contributed by atoms with E-state index in [-0.39, 0.29) is 11.1 Å². The van der Waals surface area contributed by atoms with Crippen LogP contribution in [0.2, 0.25) is 0 Å². The molecule has 0 radical (unpaired) electrons. The van der Waals surface area contributed by atoms with Gasteiger partial charge in [-0.3, -0.25) is 0 Å². The van der Waals surface area contributed by atoms with E-state index in [0.717, 1.165) is 0 Å². The van der Waals surface area contributed by atoms with Gasteiger partial charge < -0.3 is 4.74 Å². The van der Waals surface area contributed by atoms with Crippen LogP contribution in [0.25, 0.3) is 0 Å². The number of hydrogen-bond donors (Lipinski definition) is 0. The van der Waals surface area contributed by atoms with Crippen LogP contribution >= 0.6 is 0 Å². The van der Waals surface area contributed by atoms with Crippen molar-refractivity contribution >= 4 is 11.9 Å². The van der Waals surface area contributed by atoms with Crippen LogP contribution in [0.5, 0.6) is 0 Å². The number of ether oxygens (including phenoxy) is 1. The maximum atomic E-state index is 11.8. The van der Waals surface area contributed by atoms with Crippen molar-refractivity contribution < 1.29 is 14.3 Å². The lowest BCUT2D eigenvalue weighted by molar-refractivity contribution is 0.0398. The Bertz CT molecular complexity index is 687. The molecule has 0 aliphatic carbocycles. The third kappa shape index (κ3) is 3.37. The summed E-state index contributed by atoms with van der Waals surface area (Å²) < 4.78 is 4.79.